The van der Waals surface area contributed by atoms with Gasteiger partial charge in [-0.2, -0.15) is 0 Å². The van der Waals surface area contributed by atoms with Crippen molar-refractivity contribution in [3.05, 3.63) is 0 Å². The number of alkyl halides is 1. The summed E-state index contributed by atoms with van der Waals surface area (Å²) in [4.78, 5) is 23.0. The van der Waals surface area contributed by atoms with Gasteiger partial charge in [0.05, 0.1) is 7.11 Å². The summed E-state index contributed by atoms with van der Waals surface area (Å²) in [5.74, 6) is -0.745. The van der Waals surface area contributed by atoms with Crippen molar-refractivity contribution < 1.29 is 14.3 Å². The molecule has 1 amide bonds. The average Bonchev–Trinajstić information content (AvgIpc) is 2.02. The maximum atomic E-state index is 11.1. The number of methoxy groups -OCH3 is 1. The largest absolute Gasteiger partial charge is 0.468 e. The van der Waals surface area contributed by atoms with Crippen LogP contribution in [0.25, 0.3) is 0 Å². The second-order valence-electron chi connectivity index (χ2n) is 2.39. The van der Waals surface area contributed by atoms with Gasteiger partial charge in [-0.05, 0) is 6.92 Å². The van der Waals surface area contributed by atoms with Crippen molar-refractivity contribution in [1.82, 2.24) is 4.90 Å². The predicted molar refractivity (Wildman–Crippen MR) is 45.0 cm³/mol. The molecular weight excluding hydrogens is 182 g/mol. The lowest BCUT2D eigenvalue weighted by molar-refractivity contribution is -0.145. The predicted octanol–water partition coefficient (Wildman–Crippen LogP) is 0.245. The number of likely N-dealkylation sites (N-methyl/N-ethyl adjacent to an activating group) is 1. The number of carbonyl (C=O) groups excluding carboxylic acids is 2. The molecule has 0 rings (SSSR count). The fraction of sp³-hybridized carbons (Fsp3) is 0.714. The number of esters is 1. The summed E-state index contributed by atoms with van der Waals surface area (Å²) in [7, 11) is 2.77. The standard InChI is InChI=1S/C7H12ClNO3/c1-5(8)7(11)9(2)4-6(10)12-3/h5H,4H2,1-3H3. The fourth-order valence-corrected chi connectivity index (χ4v) is 0.806. The molecule has 4 nitrogen and oxygen atoms in total. The summed E-state index contributed by atoms with van der Waals surface area (Å²) < 4.78 is 4.37. The maximum absolute atomic E-state index is 11.1. The van der Waals surface area contributed by atoms with Gasteiger partial charge in [0.2, 0.25) is 5.91 Å². The first-order valence-corrected chi connectivity index (χ1v) is 3.88. The van der Waals surface area contributed by atoms with Crippen LogP contribution in [0.5, 0.6) is 0 Å². The Morgan fingerprint density at radius 2 is 2.08 bits per heavy atom. The highest BCUT2D eigenvalue weighted by Gasteiger charge is 2.17. The highest BCUT2D eigenvalue weighted by Crippen LogP contribution is 1.98. The van der Waals surface area contributed by atoms with Gasteiger partial charge >= 0.3 is 5.97 Å². The molecular formula is C7H12ClNO3. The van der Waals surface area contributed by atoms with E-state index < -0.39 is 11.3 Å². The molecule has 70 valence electrons. The quantitative estimate of drug-likeness (QED) is 0.477. The van der Waals surface area contributed by atoms with Crippen LogP contribution in [0.1, 0.15) is 6.92 Å². The molecule has 0 aromatic rings. The molecule has 0 radical (unpaired) electrons. The Kier molecular flexibility index (Phi) is 4.66. The summed E-state index contributed by atoms with van der Waals surface area (Å²) in [6, 6.07) is 0. The summed E-state index contributed by atoms with van der Waals surface area (Å²) in [6.07, 6.45) is 0. The van der Waals surface area contributed by atoms with E-state index in [0.717, 1.165) is 0 Å². The summed E-state index contributed by atoms with van der Waals surface area (Å²) >= 11 is 5.51. The van der Waals surface area contributed by atoms with Gasteiger partial charge in [0.1, 0.15) is 11.9 Å². The van der Waals surface area contributed by atoms with Crippen LogP contribution in [0, 0.1) is 0 Å². The van der Waals surface area contributed by atoms with Crippen molar-refractivity contribution in [1.29, 1.82) is 0 Å². The summed E-state index contributed by atoms with van der Waals surface area (Å²) in [5, 5.41) is -0.611. The molecule has 0 aliphatic heterocycles. The highest BCUT2D eigenvalue weighted by atomic mass is 35.5. The topological polar surface area (TPSA) is 46.6 Å². The van der Waals surface area contributed by atoms with Crippen LogP contribution in [-0.4, -0.2) is 42.9 Å². The molecule has 0 saturated heterocycles. The summed E-state index contributed by atoms with van der Waals surface area (Å²) in [5.41, 5.74) is 0. The first kappa shape index (κ1) is 11.2. The molecule has 0 heterocycles. The van der Waals surface area contributed by atoms with Gasteiger partial charge in [-0.3, -0.25) is 9.59 Å². The molecule has 0 fully saturated rings. The van der Waals surface area contributed by atoms with Gasteiger partial charge in [-0.15, -0.1) is 11.6 Å². The lowest BCUT2D eigenvalue weighted by Crippen LogP contribution is -2.36. The second kappa shape index (κ2) is 4.98. The number of rotatable bonds is 3. The van der Waals surface area contributed by atoms with Gasteiger partial charge in [0.15, 0.2) is 0 Å². The van der Waals surface area contributed by atoms with Crippen LogP contribution in [0.15, 0.2) is 0 Å². The third kappa shape index (κ3) is 3.57. The Bertz CT molecular complexity index is 181. The molecule has 1 atom stereocenters. The number of halogens is 1. The Hall–Kier alpha value is -0.770. The molecule has 0 bridgehead atoms. The number of hydrogen-bond donors (Lipinski definition) is 0. The van der Waals surface area contributed by atoms with E-state index >= 15 is 0 Å². The lowest BCUT2D eigenvalue weighted by Gasteiger charge is -2.16. The highest BCUT2D eigenvalue weighted by molar-refractivity contribution is 6.30. The molecule has 1 unspecified atom stereocenters. The summed E-state index contributed by atoms with van der Waals surface area (Å²) in [6.45, 7) is 1.49. The minimum Gasteiger partial charge on any atom is -0.468 e. The SMILES string of the molecule is COC(=O)CN(C)C(=O)C(C)Cl. The van der Waals surface area contributed by atoms with Gasteiger partial charge < -0.3 is 9.64 Å². The molecule has 0 aromatic heterocycles. The Morgan fingerprint density at radius 3 is 2.42 bits per heavy atom. The van der Waals surface area contributed by atoms with Crippen molar-refractivity contribution in [3.8, 4) is 0 Å². The van der Waals surface area contributed by atoms with Gasteiger partial charge in [-0.1, -0.05) is 0 Å². The Labute approximate surface area is 76.4 Å². The molecule has 5 heteroatoms. The van der Waals surface area contributed by atoms with Gasteiger partial charge in [0, 0.05) is 7.05 Å². The van der Waals surface area contributed by atoms with E-state index in [4.69, 9.17) is 11.6 Å². The zero-order valence-electron chi connectivity index (χ0n) is 7.33. The van der Waals surface area contributed by atoms with Crippen LogP contribution in [0.2, 0.25) is 0 Å². The number of ether oxygens (including phenoxy) is 1. The van der Waals surface area contributed by atoms with Crippen molar-refractivity contribution in [3.63, 3.8) is 0 Å². The van der Waals surface area contributed by atoms with Crippen molar-refractivity contribution in [2.45, 2.75) is 12.3 Å². The third-order valence-corrected chi connectivity index (χ3v) is 1.50. The van der Waals surface area contributed by atoms with Gasteiger partial charge in [0.25, 0.3) is 0 Å². The zero-order chi connectivity index (χ0) is 9.72. The Balaban J connectivity index is 3.95. The Morgan fingerprint density at radius 1 is 1.58 bits per heavy atom. The van der Waals surface area contributed by atoms with E-state index in [1.54, 1.807) is 6.92 Å². The lowest BCUT2D eigenvalue weighted by atomic mass is 10.4. The van der Waals surface area contributed by atoms with E-state index in [-0.39, 0.29) is 12.5 Å². The molecule has 0 aliphatic rings. The fourth-order valence-electron chi connectivity index (χ4n) is 0.640. The van der Waals surface area contributed by atoms with E-state index in [9.17, 15) is 9.59 Å². The van der Waals surface area contributed by atoms with E-state index in [1.807, 2.05) is 0 Å². The zero-order valence-corrected chi connectivity index (χ0v) is 8.09. The normalized spacial score (nSPS) is 12.0. The van der Waals surface area contributed by atoms with E-state index in [0.29, 0.717) is 0 Å². The number of nitrogens with zero attached hydrogens (tertiary/aromatic N) is 1. The molecule has 0 spiro atoms. The van der Waals surface area contributed by atoms with E-state index in [1.165, 1.54) is 19.1 Å². The van der Waals surface area contributed by atoms with Crippen LogP contribution in [0.3, 0.4) is 0 Å². The van der Waals surface area contributed by atoms with Crippen molar-refractivity contribution in [2.24, 2.45) is 0 Å². The molecule has 0 N–H and O–H groups in total. The van der Waals surface area contributed by atoms with Crippen LogP contribution in [-0.2, 0) is 14.3 Å². The van der Waals surface area contributed by atoms with Crippen LogP contribution < -0.4 is 0 Å². The molecule has 0 aliphatic carbocycles. The first-order valence-electron chi connectivity index (χ1n) is 3.45. The van der Waals surface area contributed by atoms with Gasteiger partial charge in [-0.25, -0.2) is 0 Å². The molecule has 12 heavy (non-hydrogen) atoms. The van der Waals surface area contributed by atoms with E-state index in [2.05, 4.69) is 4.74 Å². The maximum Gasteiger partial charge on any atom is 0.325 e. The van der Waals surface area contributed by atoms with Crippen LogP contribution >= 0.6 is 11.6 Å². The van der Waals surface area contributed by atoms with Crippen molar-refractivity contribution >= 4 is 23.5 Å². The van der Waals surface area contributed by atoms with Crippen molar-refractivity contribution in [2.75, 3.05) is 20.7 Å². The average molecular weight is 194 g/mol. The monoisotopic (exact) mass is 193 g/mol. The number of carbonyl (C=O) groups is 2. The minimum atomic E-state index is -0.611. The second-order valence-corrected chi connectivity index (χ2v) is 3.04. The number of hydrogen-bond acceptors (Lipinski definition) is 3. The first-order chi connectivity index (χ1) is 5.49. The third-order valence-electron chi connectivity index (χ3n) is 1.31. The van der Waals surface area contributed by atoms with Crippen LogP contribution in [0.4, 0.5) is 0 Å². The molecule has 0 saturated carbocycles. The number of amides is 1. The minimum absolute atomic E-state index is 0.0631. The molecule has 0 aromatic carbocycles. The smallest absolute Gasteiger partial charge is 0.325 e.